The van der Waals surface area contributed by atoms with E-state index in [9.17, 15) is 5.11 Å². The molecular weight excluding hydrogens is 232 g/mol. The summed E-state index contributed by atoms with van der Waals surface area (Å²) in [5.41, 5.74) is 0.547. The van der Waals surface area contributed by atoms with Gasteiger partial charge in [0.25, 0.3) is 5.89 Å². The Morgan fingerprint density at radius 1 is 1.22 bits per heavy atom. The third-order valence-electron chi connectivity index (χ3n) is 2.22. The van der Waals surface area contributed by atoms with E-state index in [0.29, 0.717) is 11.7 Å². The largest absolute Gasteiger partial charge is 0.508 e. The quantitative estimate of drug-likeness (QED) is 0.904. The molecule has 1 heterocycles. The molecule has 18 heavy (non-hydrogen) atoms. The van der Waals surface area contributed by atoms with Crippen molar-refractivity contribution >= 4 is 0 Å². The van der Waals surface area contributed by atoms with Crippen molar-refractivity contribution in [3.63, 3.8) is 0 Å². The normalized spacial score (nSPS) is 11.7. The Morgan fingerprint density at radius 2 is 1.89 bits per heavy atom. The molecular formula is C13H16N2O3. The van der Waals surface area contributed by atoms with Crippen LogP contribution in [-0.4, -0.2) is 20.8 Å². The molecule has 0 radical (unpaired) electrons. The van der Waals surface area contributed by atoms with Crippen LogP contribution in [0.5, 0.6) is 5.75 Å². The molecule has 0 aliphatic rings. The summed E-state index contributed by atoms with van der Waals surface area (Å²) < 4.78 is 10.6. The molecule has 0 aliphatic carbocycles. The Labute approximate surface area is 105 Å². The Kier molecular flexibility index (Phi) is 3.34. The van der Waals surface area contributed by atoms with Gasteiger partial charge in [-0.3, -0.25) is 0 Å². The highest BCUT2D eigenvalue weighted by molar-refractivity contribution is 5.55. The molecule has 1 aromatic carbocycles. The zero-order valence-electron chi connectivity index (χ0n) is 10.7. The standard InChI is InChI=1S/C13H16N2O3/c1-13(2,3)17-8-11-14-12(15-18-11)9-4-6-10(16)7-5-9/h4-7,16H,8H2,1-3H3. The summed E-state index contributed by atoms with van der Waals surface area (Å²) >= 11 is 0. The summed E-state index contributed by atoms with van der Waals surface area (Å²) in [4.78, 5) is 4.23. The second-order valence-corrected chi connectivity index (χ2v) is 4.96. The van der Waals surface area contributed by atoms with Crippen LogP contribution in [0.3, 0.4) is 0 Å². The van der Waals surface area contributed by atoms with Crippen LogP contribution in [0.1, 0.15) is 26.7 Å². The molecule has 96 valence electrons. The fourth-order valence-electron chi connectivity index (χ4n) is 1.32. The van der Waals surface area contributed by atoms with Crippen molar-refractivity contribution in [2.24, 2.45) is 0 Å². The summed E-state index contributed by atoms with van der Waals surface area (Å²) in [5, 5.41) is 13.1. The lowest BCUT2D eigenvalue weighted by Crippen LogP contribution is -2.18. The van der Waals surface area contributed by atoms with Crippen LogP contribution >= 0.6 is 0 Å². The van der Waals surface area contributed by atoms with Crippen LogP contribution in [-0.2, 0) is 11.3 Å². The lowest BCUT2D eigenvalue weighted by molar-refractivity contribution is -0.0260. The number of benzene rings is 1. The van der Waals surface area contributed by atoms with E-state index in [2.05, 4.69) is 10.1 Å². The van der Waals surface area contributed by atoms with Crippen molar-refractivity contribution < 1.29 is 14.4 Å². The van der Waals surface area contributed by atoms with Crippen molar-refractivity contribution in [3.05, 3.63) is 30.2 Å². The number of ether oxygens (including phenoxy) is 1. The highest BCUT2D eigenvalue weighted by Gasteiger charge is 2.14. The van der Waals surface area contributed by atoms with Crippen molar-refractivity contribution in [1.82, 2.24) is 10.1 Å². The van der Waals surface area contributed by atoms with Crippen LogP contribution in [0.15, 0.2) is 28.8 Å². The number of hydrogen-bond acceptors (Lipinski definition) is 5. The van der Waals surface area contributed by atoms with Gasteiger partial charge in [-0.15, -0.1) is 0 Å². The molecule has 0 atom stereocenters. The van der Waals surface area contributed by atoms with E-state index in [-0.39, 0.29) is 18.0 Å². The summed E-state index contributed by atoms with van der Waals surface area (Å²) in [5.74, 6) is 1.13. The monoisotopic (exact) mass is 248 g/mol. The predicted octanol–water partition coefficient (Wildman–Crippen LogP) is 2.76. The zero-order valence-corrected chi connectivity index (χ0v) is 10.7. The molecule has 1 N–H and O–H groups in total. The number of nitrogens with zero attached hydrogens (tertiary/aromatic N) is 2. The Morgan fingerprint density at radius 3 is 2.50 bits per heavy atom. The first-order valence-corrected chi connectivity index (χ1v) is 5.70. The van der Waals surface area contributed by atoms with Crippen LogP contribution in [0.4, 0.5) is 0 Å². The minimum Gasteiger partial charge on any atom is -0.508 e. The smallest absolute Gasteiger partial charge is 0.252 e. The number of phenols is 1. The summed E-state index contributed by atoms with van der Waals surface area (Å²) in [6.45, 7) is 6.17. The third kappa shape index (κ3) is 3.30. The lowest BCUT2D eigenvalue weighted by atomic mass is 10.2. The average molecular weight is 248 g/mol. The summed E-state index contributed by atoms with van der Waals surface area (Å²) in [6, 6.07) is 6.62. The first kappa shape index (κ1) is 12.6. The van der Waals surface area contributed by atoms with Crippen molar-refractivity contribution in [3.8, 4) is 17.1 Å². The van der Waals surface area contributed by atoms with Gasteiger partial charge in [-0.2, -0.15) is 4.98 Å². The highest BCUT2D eigenvalue weighted by Crippen LogP contribution is 2.19. The van der Waals surface area contributed by atoms with Gasteiger partial charge >= 0.3 is 0 Å². The van der Waals surface area contributed by atoms with Gasteiger partial charge in [-0.1, -0.05) is 5.16 Å². The van der Waals surface area contributed by atoms with Crippen LogP contribution < -0.4 is 0 Å². The average Bonchev–Trinajstić information content (AvgIpc) is 2.75. The number of aromatic hydroxyl groups is 1. The molecule has 0 aliphatic heterocycles. The van der Waals surface area contributed by atoms with E-state index in [1.54, 1.807) is 24.3 Å². The number of phenolic OH excluding ortho intramolecular Hbond substituents is 1. The Hall–Kier alpha value is -1.88. The molecule has 0 spiro atoms. The van der Waals surface area contributed by atoms with Gasteiger partial charge < -0.3 is 14.4 Å². The molecule has 0 bridgehead atoms. The molecule has 0 saturated carbocycles. The van der Waals surface area contributed by atoms with Gasteiger partial charge in [-0.05, 0) is 45.0 Å². The second-order valence-electron chi connectivity index (χ2n) is 4.96. The maximum atomic E-state index is 9.20. The number of rotatable bonds is 3. The van der Waals surface area contributed by atoms with E-state index in [0.717, 1.165) is 5.56 Å². The molecule has 5 nitrogen and oxygen atoms in total. The first-order chi connectivity index (χ1) is 8.44. The summed E-state index contributed by atoms with van der Waals surface area (Å²) in [6.07, 6.45) is 0. The van der Waals surface area contributed by atoms with Crippen LogP contribution in [0, 0.1) is 0 Å². The third-order valence-corrected chi connectivity index (χ3v) is 2.22. The topological polar surface area (TPSA) is 68.4 Å². The fraction of sp³-hybridized carbons (Fsp3) is 0.385. The van der Waals surface area contributed by atoms with Gasteiger partial charge in [0.1, 0.15) is 12.4 Å². The highest BCUT2D eigenvalue weighted by atomic mass is 16.5. The Bertz CT molecular complexity index is 512. The van der Waals surface area contributed by atoms with Crippen LogP contribution in [0.25, 0.3) is 11.4 Å². The minimum atomic E-state index is -0.243. The van der Waals surface area contributed by atoms with Gasteiger partial charge in [0.15, 0.2) is 0 Å². The molecule has 2 aromatic rings. The van der Waals surface area contributed by atoms with E-state index < -0.39 is 0 Å². The number of hydrogen-bond donors (Lipinski definition) is 1. The maximum absolute atomic E-state index is 9.20. The van der Waals surface area contributed by atoms with Gasteiger partial charge in [0.05, 0.1) is 5.60 Å². The number of aromatic nitrogens is 2. The second kappa shape index (κ2) is 4.78. The molecule has 0 unspecified atom stereocenters. The first-order valence-electron chi connectivity index (χ1n) is 5.70. The van der Waals surface area contributed by atoms with Gasteiger partial charge in [-0.25, -0.2) is 0 Å². The predicted molar refractivity (Wildman–Crippen MR) is 65.9 cm³/mol. The zero-order chi connectivity index (χ0) is 13.2. The fourth-order valence-corrected chi connectivity index (χ4v) is 1.32. The van der Waals surface area contributed by atoms with Gasteiger partial charge in [0, 0.05) is 5.56 Å². The Balaban J connectivity index is 2.08. The summed E-state index contributed by atoms with van der Waals surface area (Å²) in [7, 11) is 0. The molecule has 0 saturated heterocycles. The van der Waals surface area contributed by atoms with E-state index >= 15 is 0 Å². The molecule has 0 fully saturated rings. The van der Waals surface area contributed by atoms with Crippen molar-refractivity contribution in [1.29, 1.82) is 0 Å². The molecule has 1 aromatic heterocycles. The van der Waals surface area contributed by atoms with E-state index in [1.807, 2.05) is 20.8 Å². The van der Waals surface area contributed by atoms with Crippen molar-refractivity contribution in [2.75, 3.05) is 0 Å². The van der Waals surface area contributed by atoms with E-state index in [1.165, 1.54) is 0 Å². The molecule has 0 amide bonds. The van der Waals surface area contributed by atoms with Crippen molar-refractivity contribution in [2.45, 2.75) is 33.0 Å². The molecule has 5 heteroatoms. The minimum absolute atomic E-state index is 0.207. The SMILES string of the molecule is CC(C)(C)OCc1nc(-c2ccc(O)cc2)no1. The maximum Gasteiger partial charge on any atom is 0.252 e. The lowest BCUT2D eigenvalue weighted by Gasteiger charge is -2.17. The van der Waals surface area contributed by atoms with Crippen LogP contribution in [0.2, 0.25) is 0 Å². The molecule has 2 rings (SSSR count). The van der Waals surface area contributed by atoms with Gasteiger partial charge in [0.2, 0.25) is 5.82 Å². The van der Waals surface area contributed by atoms with E-state index in [4.69, 9.17) is 9.26 Å².